The van der Waals surface area contributed by atoms with Gasteiger partial charge in [-0.25, -0.2) is 14.6 Å². The van der Waals surface area contributed by atoms with E-state index in [0.29, 0.717) is 19.6 Å². The summed E-state index contributed by atoms with van der Waals surface area (Å²) in [6.45, 7) is 0. The van der Waals surface area contributed by atoms with E-state index in [4.69, 9.17) is 0 Å². The van der Waals surface area contributed by atoms with Crippen molar-refractivity contribution in [2.24, 2.45) is 7.05 Å². The van der Waals surface area contributed by atoms with Gasteiger partial charge in [-0.3, -0.25) is 0 Å². The van der Waals surface area contributed by atoms with E-state index in [0.717, 1.165) is 5.69 Å². The van der Waals surface area contributed by atoms with Crippen molar-refractivity contribution in [2.75, 3.05) is 0 Å². The van der Waals surface area contributed by atoms with E-state index in [-0.39, 0.29) is 0 Å². The van der Waals surface area contributed by atoms with Gasteiger partial charge < -0.3 is 0 Å². The Kier molecular flexibility index (Phi) is 3.17. The third-order valence-electron chi connectivity index (χ3n) is 1.66. The molecule has 0 aliphatic rings. The molecule has 15 heavy (non-hydrogen) atoms. The Morgan fingerprint density at radius 3 is 2.20 bits per heavy atom. The van der Waals surface area contributed by atoms with Crippen LogP contribution in [0.2, 0.25) is 0 Å². The lowest BCUT2D eigenvalue weighted by Gasteiger charge is -2.01. The van der Waals surface area contributed by atoms with E-state index in [1.165, 1.54) is 0 Å². The summed E-state index contributed by atoms with van der Waals surface area (Å²) in [6.07, 6.45) is 0. The highest BCUT2D eigenvalue weighted by Gasteiger charge is 2.14. The normalized spacial score (nSPS) is 10.7. The molecule has 0 unspecified atom stereocenters. The van der Waals surface area contributed by atoms with Crippen LogP contribution in [0.3, 0.4) is 0 Å². The van der Waals surface area contributed by atoms with Gasteiger partial charge in [-0.1, -0.05) is 5.21 Å². The van der Waals surface area contributed by atoms with Crippen molar-refractivity contribution in [2.45, 2.75) is 0 Å². The maximum absolute atomic E-state index is 4.24. The molecule has 0 bridgehead atoms. The van der Waals surface area contributed by atoms with E-state index in [1.807, 2.05) is 0 Å². The summed E-state index contributed by atoms with van der Waals surface area (Å²) >= 11 is 9.90. The SMILES string of the molecule is Cn1nnc(Br)c1-c1nc(Br)cc(Br)n1. The van der Waals surface area contributed by atoms with Crippen LogP contribution in [0.1, 0.15) is 0 Å². The van der Waals surface area contributed by atoms with Gasteiger partial charge >= 0.3 is 0 Å². The predicted octanol–water partition coefficient (Wildman–Crippen LogP) is 2.56. The molecule has 0 atom stereocenters. The van der Waals surface area contributed by atoms with E-state index >= 15 is 0 Å². The topological polar surface area (TPSA) is 56.5 Å². The zero-order valence-electron chi connectivity index (χ0n) is 7.45. The third-order valence-corrected chi connectivity index (χ3v) is 3.01. The summed E-state index contributed by atoms with van der Waals surface area (Å²) in [4.78, 5) is 8.49. The van der Waals surface area contributed by atoms with Crippen LogP contribution in [-0.2, 0) is 7.05 Å². The van der Waals surface area contributed by atoms with Gasteiger partial charge in [-0.2, -0.15) is 0 Å². The number of hydrogen-bond acceptors (Lipinski definition) is 4. The Bertz CT molecular complexity index is 470. The molecule has 0 radical (unpaired) electrons. The molecule has 0 fully saturated rings. The average Bonchev–Trinajstić information content (AvgIpc) is 2.44. The molecule has 2 rings (SSSR count). The molecular formula is C7H4Br3N5. The maximum atomic E-state index is 4.24. The molecule has 0 spiro atoms. The number of nitrogens with zero attached hydrogens (tertiary/aromatic N) is 5. The number of aromatic nitrogens is 5. The van der Waals surface area contributed by atoms with Crippen molar-refractivity contribution in [3.63, 3.8) is 0 Å². The fraction of sp³-hybridized carbons (Fsp3) is 0.143. The summed E-state index contributed by atoms with van der Waals surface area (Å²) in [5, 5.41) is 7.73. The second kappa shape index (κ2) is 4.26. The van der Waals surface area contributed by atoms with Gasteiger partial charge in [0.15, 0.2) is 10.4 Å². The molecule has 0 N–H and O–H groups in total. The van der Waals surface area contributed by atoms with Gasteiger partial charge in [0.25, 0.3) is 0 Å². The fourth-order valence-electron chi connectivity index (χ4n) is 1.06. The van der Waals surface area contributed by atoms with E-state index < -0.39 is 0 Å². The molecule has 0 aliphatic heterocycles. The van der Waals surface area contributed by atoms with Crippen LogP contribution in [0.25, 0.3) is 11.5 Å². The largest absolute Gasteiger partial charge is 0.243 e. The second-order valence-corrected chi connectivity index (χ2v) is 5.07. The van der Waals surface area contributed by atoms with E-state index in [2.05, 4.69) is 68.1 Å². The molecule has 8 heteroatoms. The van der Waals surface area contributed by atoms with Gasteiger partial charge in [-0.15, -0.1) is 5.10 Å². The van der Waals surface area contributed by atoms with Gasteiger partial charge in [0.2, 0.25) is 0 Å². The van der Waals surface area contributed by atoms with Gasteiger partial charge in [-0.05, 0) is 47.8 Å². The number of halogens is 3. The Morgan fingerprint density at radius 1 is 1.13 bits per heavy atom. The average molecular weight is 398 g/mol. The highest BCUT2D eigenvalue weighted by atomic mass is 79.9. The minimum atomic E-state index is 0.552. The molecule has 5 nitrogen and oxygen atoms in total. The third kappa shape index (κ3) is 2.26. The van der Waals surface area contributed by atoms with Gasteiger partial charge in [0.1, 0.15) is 14.9 Å². The second-order valence-electron chi connectivity index (χ2n) is 2.69. The lowest BCUT2D eigenvalue weighted by Crippen LogP contribution is -1.98. The Balaban J connectivity index is 2.63. The zero-order valence-corrected chi connectivity index (χ0v) is 12.2. The van der Waals surface area contributed by atoms with Crippen molar-refractivity contribution >= 4 is 47.8 Å². The molecule has 2 aromatic rings. The summed E-state index contributed by atoms with van der Waals surface area (Å²) in [7, 11) is 1.78. The van der Waals surface area contributed by atoms with E-state index in [1.54, 1.807) is 17.8 Å². The van der Waals surface area contributed by atoms with Crippen LogP contribution >= 0.6 is 47.8 Å². The fourth-order valence-corrected chi connectivity index (χ4v) is 2.65. The molecule has 2 aromatic heterocycles. The summed E-state index contributed by atoms with van der Waals surface area (Å²) in [5.41, 5.74) is 0.733. The standard InChI is InChI=1S/C7H4Br3N5/c1-15-5(6(10)13-14-15)7-11-3(8)2-4(9)12-7/h2H,1H3. The number of aryl methyl sites for hydroxylation is 1. The maximum Gasteiger partial charge on any atom is 0.182 e. The summed E-state index contributed by atoms with van der Waals surface area (Å²) in [6, 6.07) is 1.77. The number of hydrogen-bond donors (Lipinski definition) is 0. The van der Waals surface area contributed by atoms with Crippen molar-refractivity contribution in [1.29, 1.82) is 0 Å². The summed E-state index contributed by atoms with van der Waals surface area (Å²) in [5.74, 6) is 0.552. The molecule has 0 saturated carbocycles. The highest BCUT2D eigenvalue weighted by molar-refractivity contribution is 9.11. The summed E-state index contributed by atoms with van der Waals surface area (Å²) < 4.78 is 3.63. The van der Waals surface area contributed by atoms with Crippen molar-refractivity contribution < 1.29 is 0 Å². The lowest BCUT2D eigenvalue weighted by molar-refractivity contribution is 0.716. The molecular weight excluding hydrogens is 394 g/mol. The minimum absolute atomic E-state index is 0.552. The highest BCUT2D eigenvalue weighted by Crippen LogP contribution is 2.25. The Hall–Kier alpha value is -0.340. The van der Waals surface area contributed by atoms with Crippen LogP contribution in [0.5, 0.6) is 0 Å². The van der Waals surface area contributed by atoms with Crippen LogP contribution < -0.4 is 0 Å². The smallest absolute Gasteiger partial charge is 0.182 e. The molecule has 0 saturated heterocycles. The molecule has 0 aromatic carbocycles. The lowest BCUT2D eigenvalue weighted by atomic mass is 10.4. The van der Waals surface area contributed by atoms with Gasteiger partial charge in [0, 0.05) is 13.1 Å². The first-order valence-electron chi connectivity index (χ1n) is 3.83. The minimum Gasteiger partial charge on any atom is -0.243 e. The van der Waals surface area contributed by atoms with Crippen LogP contribution in [0.15, 0.2) is 19.9 Å². The van der Waals surface area contributed by atoms with Crippen LogP contribution in [-0.4, -0.2) is 25.0 Å². The van der Waals surface area contributed by atoms with Crippen molar-refractivity contribution in [1.82, 2.24) is 25.0 Å². The Labute approximate surface area is 111 Å². The first-order valence-corrected chi connectivity index (χ1v) is 6.21. The first-order chi connectivity index (χ1) is 7.08. The number of rotatable bonds is 1. The molecule has 2 heterocycles. The van der Waals surface area contributed by atoms with E-state index in [9.17, 15) is 0 Å². The monoisotopic (exact) mass is 395 g/mol. The molecule has 78 valence electrons. The Morgan fingerprint density at radius 2 is 1.73 bits per heavy atom. The molecule has 0 amide bonds. The molecule has 0 aliphatic carbocycles. The van der Waals surface area contributed by atoms with Crippen LogP contribution in [0.4, 0.5) is 0 Å². The van der Waals surface area contributed by atoms with Crippen LogP contribution in [0, 0.1) is 0 Å². The first kappa shape index (κ1) is 11.2. The van der Waals surface area contributed by atoms with Crippen molar-refractivity contribution in [3.05, 3.63) is 19.9 Å². The predicted molar refractivity (Wildman–Crippen MR) is 65.1 cm³/mol. The quantitative estimate of drug-likeness (QED) is 0.694. The van der Waals surface area contributed by atoms with Gasteiger partial charge in [0.05, 0.1) is 0 Å². The van der Waals surface area contributed by atoms with Crippen molar-refractivity contribution in [3.8, 4) is 11.5 Å². The zero-order chi connectivity index (χ0) is 11.0.